The molecule has 0 bridgehead atoms. The predicted octanol–water partition coefficient (Wildman–Crippen LogP) is 3.12. The summed E-state index contributed by atoms with van der Waals surface area (Å²) in [5.41, 5.74) is 2.41. The molecule has 2 rings (SSSR count). The Bertz CT molecular complexity index is 567. The molecule has 2 aromatic rings. The molecule has 5 heteroatoms. The van der Waals surface area contributed by atoms with Gasteiger partial charge in [-0.15, -0.1) is 11.8 Å². The topological polar surface area (TPSA) is 44.1 Å². The molecule has 0 amide bonds. The minimum absolute atomic E-state index is 0.677. The van der Waals surface area contributed by atoms with E-state index in [0.717, 1.165) is 41.5 Å². The average Bonchev–Trinajstić information content (AvgIpc) is 2.80. The van der Waals surface area contributed by atoms with Gasteiger partial charge in [0.1, 0.15) is 5.03 Å². The number of nitrogens with zero attached hydrogens (tertiary/aromatic N) is 2. The van der Waals surface area contributed by atoms with Crippen LogP contribution in [0.25, 0.3) is 5.69 Å². The van der Waals surface area contributed by atoms with Gasteiger partial charge in [-0.1, -0.05) is 18.2 Å². The van der Waals surface area contributed by atoms with Crippen molar-refractivity contribution in [1.29, 1.82) is 0 Å². The Morgan fingerprint density at radius 2 is 2.10 bits per heavy atom. The molecule has 0 unspecified atom stereocenters. The summed E-state index contributed by atoms with van der Waals surface area (Å²) < 4.78 is 6.89. The molecule has 20 heavy (non-hydrogen) atoms. The van der Waals surface area contributed by atoms with Crippen molar-refractivity contribution in [1.82, 2.24) is 9.78 Å². The third-order valence-electron chi connectivity index (χ3n) is 2.91. The van der Waals surface area contributed by atoms with Gasteiger partial charge in [-0.2, -0.15) is 5.10 Å². The van der Waals surface area contributed by atoms with Gasteiger partial charge in [0.25, 0.3) is 0 Å². The van der Waals surface area contributed by atoms with Crippen LogP contribution in [0.15, 0.2) is 35.4 Å². The third-order valence-corrected chi connectivity index (χ3v) is 4.07. The van der Waals surface area contributed by atoms with Crippen LogP contribution >= 0.6 is 11.8 Å². The summed E-state index contributed by atoms with van der Waals surface area (Å²) in [4.78, 5) is 11.3. The molecular formula is C15H18N2O2S. The molecule has 0 aliphatic rings. The smallest absolute Gasteiger partial charge is 0.154 e. The summed E-state index contributed by atoms with van der Waals surface area (Å²) in [5.74, 6) is 0.895. The third kappa shape index (κ3) is 3.29. The number of aryl methyl sites for hydroxylation is 1. The SMILES string of the molecule is COCCCSc1c(C=O)c(C)nn1-c1ccccc1. The minimum atomic E-state index is 0.677. The zero-order valence-electron chi connectivity index (χ0n) is 11.7. The number of thioether (sulfide) groups is 1. The zero-order valence-corrected chi connectivity index (χ0v) is 12.5. The van der Waals surface area contributed by atoms with Gasteiger partial charge in [-0.25, -0.2) is 4.68 Å². The number of methoxy groups -OCH3 is 1. The highest BCUT2D eigenvalue weighted by Crippen LogP contribution is 2.27. The second-order valence-corrected chi connectivity index (χ2v) is 5.45. The van der Waals surface area contributed by atoms with Gasteiger partial charge in [0.15, 0.2) is 6.29 Å². The fourth-order valence-electron chi connectivity index (χ4n) is 1.91. The summed E-state index contributed by atoms with van der Waals surface area (Å²) in [6.45, 7) is 2.59. The Balaban J connectivity index is 2.29. The zero-order chi connectivity index (χ0) is 14.4. The van der Waals surface area contributed by atoms with Crippen molar-refractivity contribution < 1.29 is 9.53 Å². The Kier molecular flexibility index (Phi) is 5.38. The van der Waals surface area contributed by atoms with Crippen molar-refractivity contribution in [3.8, 4) is 5.69 Å². The number of aldehydes is 1. The first kappa shape index (κ1) is 14.8. The van der Waals surface area contributed by atoms with E-state index in [1.54, 1.807) is 18.9 Å². The molecule has 0 aliphatic carbocycles. The molecule has 4 nitrogen and oxygen atoms in total. The second-order valence-electron chi connectivity index (χ2n) is 4.36. The normalized spacial score (nSPS) is 10.7. The van der Waals surface area contributed by atoms with E-state index in [1.807, 2.05) is 41.9 Å². The molecule has 0 atom stereocenters. The first-order chi connectivity index (χ1) is 9.77. The van der Waals surface area contributed by atoms with Crippen LogP contribution in [0, 0.1) is 6.92 Å². The predicted molar refractivity (Wildman–Crippen MR) is 80.9 cm³/mol. The molecule has 1 aromatic heterocycles. The lowest BCUT2D eigenvalue weighted by atomic mass is 10.3. The molecule has 1 heterocycles. The van der Waals surface area contributed by atoms with Crippen LogP contribution in [0.3, 0.4) is 0 Å². The van der Waals surface area contributed by atoms with Gasteiger partial charge in [0.05, 0.1) is 16.9 Å². The molecule has 106 valence electrons. The van der Waals surface area contributed by atoms with Crippen molar-refractivity contribution in [2.24, 2.45) is 0 Å². The summed E-state index contributed by atoms with van der Waals surface area (Å²) >= 11 is 1.64. The standard InChI is InChI=1S/C15H18N2O2S/c1-12-14(11-18)15(20-10-6-9-19-2)17(16-12)13-7-4-3-5-8-13/h3-5,7-8,11H,6,9-10H2,1-2H3. The van der Waals surface area contributed by atoms with E-state index in [9.17, 15) is 4.79 Å². The van der Waals surface area contributed by atoms with E-state index in [-0.39, 0.29) is 0 Å². The largest absolute Gasteiger partial charge is 0.385 e. The van der Waals surface area contributed by atoms with Crippen molar-refractivity contribution in [2.75, 3.05) is 19.5 Å². The number of para-hydroxylation sites is 1. The van der Waals surface area contributed by atoms with E-state index < -0.39 is 0 Å². The first-order valence-electron chi connectivity index (χ1n) is 6.50. The molecule has 0 radical (unpaired) electrons. The summed E-state index contributed by atoms with van der Waals surface area (Å²) in [6.07, 6.45) is 1.83. The van der Waals surface area contributed by atoms with Crippen molar-refractivity contribution >= 4 is 18.0 Å². The van der Waals surface area contributed by atoms with E-state index in [0.29, 0.717) is 5.56 Å². The maximum Gasteiger partial charge on any atom is 0.154 e. The summed E-state index contributed by atoms with van der Waals surface area (Å²) in [5, 5.41) is 5.39. The van der Waals surface area contributed by atoms with Crippen molar-refractivity contribution in [3.63, 3.8) is 0 Å². The van der Waals surface area contributed by atoms with Crippen molar-refractivity contribution in [2.45, 2.75) is 18.4 Å². The van der Waals surface area contributed by atoms with Gasteiger partial charge < -0.3 is 4.74 Å². The molecule has 0 spiro atoms. The lowest BCUT2D eigenvalue weighted by Crippen LogP contribution is -2.00. The number of carbonyl (C=O) groups is 1. The molecule has 0 fully saturated rings. The van der Waals surface area contributed by atoms with Crippen LogP contribution in [-0.4, -0.2) is 35.5 Å². The Labute approximate surface area is 123 Å². The number of benzene rings is 1. The molecule has 1 aromatic carbocycles. The van der Waals surface area contributed by atoms with Gasteiger partial charge in [0, 0.05) is 19.5 Å². The molecule has 0 aliphatic heterocycles. The minimum Gasteiger partial charge on any atom is -0.385 e. The van der Waals surface area contributed by atoms with E-state index in [4.69, 9.17) is 4.74 Å². The van der Waals surface area contributed by atoms with E-state index in [1.165, 1.54) is 0 Å². The molecule has 0 saturated carbocycles. The number of hydrogen-bond donors (Lipinski definition) is 0. The van der Waals surface area contributed by atoms with E-state index >= 15 is 0 Å². The number of carbonyl (C=O) groups excluding carboxylic acids is 1. The fraction of sp³-hybridized carbons (Fsp3) is 0.333. The quantitative estimate of drug-likeness (QED) is 0.446. The van der Waals surface area contributed by atoms with Gasteiger partial charge in [-0.05, 0) is 25.5 Å². The summed E-state index contributed by atoms with van der Waals surface area (Å²) in [6, 6.07) is 9.87. The van der Waals surface area contributed by atoms with Crippen LogP contribution in [0.4, 0.5) is 0 Å². The van der Waals surface area contributed by atoms with Gasteiger partial charge >= 0.3 is 0 Å². The van der Waals surface area contributed by atoms with Crippen LogP contribution in [0.5, 0.6) is 0 Å². The molecule has 0 saturated heterocycles. The average molecular weight is 290 g/mol. The fourth-order valence-corrected chi connectivity index (χ4v) is 2.98. The van der Waals surface area contributed by atoms with Gasteiger partial charge in [-0.3, -0.25) is 4.79 Å². The van der Waals surface area contributed by atoms with Crippen molar-refractivity contribution in [3.05, 3.63) is 41.6 Å². The Hall–Kier alpha value is -1.59. The maximum absolute atomic E-state index is 11.3. The number of rotatable bonds is 7. The monoisotopic (exact) mass is 290 g/mol. The number of aromatic nitrogens is 2. The van der Waals surface area contributed by atoms with E-state index in [2.05, 4.69) is 5.10 Å². The number of hydrogen-bond acceptors (Lipinski definition) is 4. The highest BCUT2D eigenvalue weighted by atomic mass is 32.2. The maximum atomic E-state index is 11.3. The number of ether oxygens (including phenoxy) is 1. The van der Waals surface area contributed by atoms with Crippen LogP contribution in [-0.2, 0) is 4.74 Å². The molecular weight excluding hydrogens is 272 g/mol. The van der Waals surface area contributed by atoms with Crippen LogP contribution in [0.1, 0.15) is 22.5 Å². The summed E-state index contributed by atoms with van der Waals surface area (Å²) in [7, 11) is 1.69. The second kappa shape index (κ2) is 7.26. The van der Waals surface area contributed by atoms with Crippen LogP contribution < -0.4 is 0 Å². The Morgan fingerprint density at radius 1 is 1.35 bits per heavy atom. The van der Waals surface area contributed by atoms with Gasteiger partial charge in [0.2, 0.25) is 0 Å². The lowest BCUT2D eigenvalue weighted by Gasteiger charge is -2.07. The highest BCUT2D eigenvalue weighted by molar-refractivity contribution is 7.99. The highest BCUT2D eigenvalue weighted by Gasteiger charge is 2.16. The molecule has 0 N–H and O–H groups in total. The lowest BCUT2D eigenvalue weighted by molar-refractivity contribution is 0.112. The van der Waals surface area contributed by atoms with Crippen LogP contribution in [0.2, 0.25) is 0 Å². The first-order valence-corrected chi connectivity index (χ1v) is 7.48. The Morgan fingerprint density at radius 3 is 2.75 bits per heavy atom.